The van der Waals surface area contributed by atoms with Crippen molar-refractivity contribution in [2.45, 2.75) is 64.1 Å². The quantitative estimate of drug-likeness (QED) is 0.854. The summed E-state index contributed by atoms with van der Waals surface area (Å²) in [4.78, 5) is 0. The molecule has 21 heavy (non-hydrogen) atoms. The van der Waals surface area contributed by atoms with Crippen LogP contribution in [0, 0.1) is 34.0 Å². The van der Waals surface area contributed by atoms with Gasteiger partial charge in [-0.2, -0.15) is 18.4 Å². The molecule has 4 aliphatic rings. The fraction of sp³-hybridized carbons (Fsp3) is 0.938. The van der Waals surface area contributed by atoms with Crippen molar-refractivity contribution in [3.8, 4) is 6.07 Å². The van der Waals surface area contributed by atoms with Crippen LogP contribution in [0.3, 0.4) is 0 Å². The standard InChI is InChI=1S/C16H23F3N2/c1-13-3-11-4-14(2,8-13)10-15(5-11,9-13)21-7-12(6-20)16(17,18)19/h11-12,21H,3-5,7-10H2,1-2H3. The molecule has 0 saturated heterocycles. The highest BCUT2D eigenvalue weighted by Gasteiger charge is 2.60. The molecule has 2 nitrogen and oxygen atoms in total. The molecule has 0 aromatic carbocycles. The molecule has 4 aliphatic carbocycles. The van der Waals surface area contributed by atoms with E-state index in [1.165, 1.54) is 25.3 Å². The molecular formula is C16H23F3N2. The van der Waals surface area contributed by atoms with Gasteiger partial charge in [-0.3, -0.25) is 0 Å². The predicted molar refractivity (Wildman–Crippen MR) is 73.3 cm³/mol. The summed E-state index contributed by atoms with van der Waals surface area (Å²) in [6, 6.07) is 1.41. The molecule has 0 amide bonds. The van der Waals surface area contributed by atoms with E-state index in [4.69, 9.17) is 5.26 Å². The Morgan fingerprint density at radius 2 is 1.71 bits per heavy atom. The fourth-order valence-electron chi connectivity index (χ4n) is 6.20. The van der Waals surface area contributed by atoms with Gasteiger partial charge in [0.2, 0.25) is 0 Å². The van der Waals surface area contributed by atoms with Crippen molar-refractivity contribution in [2.75, 3.05) is 6.54 Å². The molecule has 4 bridgehead atoms. The largest absolute Gasteiger partial charge is 0.405 e. The minimum Gasteiger partial charge on any atom is -0.310 e. The van der Waals surface area contributed by atoms with Crippen LogP contribution in [-0.2, 0) is 0 Å². The summed E-state index contributed by atoms with van der Waals surface area (Å²) < 4.78 is 38.3. The number of alkyl halides is 3. The van der Waals surface area contributed by atoms with Crippen molar-refractivity contribution in [3.63, 3.8) is 0 Å². The average molecular weight is 300 g/mol. The maximum Gasteiger partial charge on any atom is 0.405 e. The SMILES string of the molecule is CC12CC3CC(C)(C1)CC(NCC(C#N)C(F)(F)F)(C3)C2. The maximum absolute atomic E-state index is 12.8. The van der Waals surface area contributed by atoms with Gasteiger partial charge in [-0.15, -0.1) is 0 Å². The van der Waals surface area contributed by atoms with Gasteiger partial charge in [0.15, 0.2) is 5.92 Å². The molecule has 0 aromatic heterocycles. The molecule has 0 heterocycles. The van der Waals surface area contributed by atoms with Gasteiger partial charge in [0, 0.05) is 12.1 Å². The van der Waals surface area contributed by atoms with E-state index in [0.29, 0.717) is 5.92 Å². The van der Waals surface area contributed by atoms with E-state index in [0.717, 1.165) is 19.3 Å². The molecule has 0 aliphatic heterocycles. The van der Waals surface area contributed by atoms with Crippen molar-refractivity contribution in [3.05, 3.63) is 0 Å². The summed E-state index contributed by atoms with van der Waals surface area (Å²) in [6.07, 6.45) is 2.09. The Labute approximate surface area is 124 Å². The molecule has 0 aromatic rings. The highest BCUT2D eigenvalue weighted by molar-refractivity contribution is 5.14. The molecule has 118 valence electrons. The van der Waals surface area contributed by atoms with E-state index < -0.39 is 12.1 Å². The van der Waals surface area contributed by atoms with Crippen LogP contribution in [0.4, 0.5) is 13.2 Å². The monoisotopic (exact) mass is 300 g/mol. The zero-order valence-corrected chi connectivity index (χ0v) is 12.7. The van der Waals surface area contributed by atoms with Gasteiger partial charge >= 0.3 is 6.18 Å². The van der Waals surface area contributed by atoms with Crippen LogP contribution < -0.4 is 5.32 Å². The van der Waals surface area contributed by atoms with E-state index in [9.17, 15) is 13.2 Å². The van der Waals surface area contributed by atoms with Gasteiger partial charge in [-0.1, -0.05) is 13.8 Å². The summed E-state index contributed by atoms with van der Waals surface area (Å²) in [5.41, 5.74) is 0.354. The molecule has 0 spiro atoms. The molecular weight excluding hydrogens is 277 g/mol. The number of hydrogen-bond acceptors (Lipinski definition) is 2. The molecule has 0 radical (unpaired) electrons. The summed E-state index contributed by atoms with van der Waals surface area (Å²) in [5, 5.41) is 12.0. The summed E-state index contributed by atoms with van der Waals surface area (Å²) >= 11 is 0. The van der Waals surface area contributed by atoms with Crippen molar-refractivity contribution in [1.29, 1.82) is 5.26 Å². The van der Waals surface area contributed by atoms with Crippen LogP contribution in [0.15, 0.2) is 0 Å². The van der Waals surface area contributed by atoms with Gasteiger partial charge in [0.05, 0.1) is 6.07 Å². The lowest BCUT2D eigenvalue weighted by Gasteiger charge is -2.65. The number of nitriles is 1. The van der Waals surface area contributed by atoms with Crippen LogP contribution in [0.2, 0.25) is 0 Å². The van der Waals surface area contributed by atoms with Crippen LogP contribution >= 0.6 is 0 Å². The van der Waals surface area contributed by atoms with E-state index >= 15 is 0 Å². The highest BCUT2D eigenvalue weighted by atomic mass is 19.4. The van der Waals surface area contributed by atoms with E-state index in [2.05, 4.69) is 19.2 Å². The Morgan fingerprint density at radius 3 is 2.14 bits per heavy atom. The lowest BCUT2D eigenvalue weighted by Crippen LogP contribution is -2.64. The third kappa shape index (κ3) is 2.67. The Balaban J connectivity index is 1.75. The molecule has 3 unspecified atom stereocenters. The minimum atomic E-state index is -4.43. The number of rotatable bonds is 3. The lowest BCUT2D eigenvalue weighted by atomic mass is 9.43. The van der Waals surface area contributed by atoms with Crippen LogP contribution in [0.1, 0.15) is 52.4 Å². The highest BCUT2D eigenvalue weighted by Crippen LogP contribution is 2.66. The molecule has 4 saturated carbocycles. The van der Waals surface area contributed by atoms with Crippen LogP contribution in [0.25, 0.3) is 0 Å². The van der Waals surface area contributed by atoms with Gasteiger partial charge in [0.25, 0.3) is 0 Å². The van der Waals surface area contributed by atoms with Gasteiger partial charge in [0.1, 0.15) is 0 Å². The third-order valence-corrected chi connectivity index (χ3v) is 5.86. The first-order chi connectivity index (χ1) is 9.57. The number of nitrogens with zero attached hydrogens (tertiary/aromatic N) is 1. The average Bonchev–Trinajstić information content (AvgIpc) is 2.22. The smallest absolute Gasteiger partial charge is 0.310 e. The topological polar surface area (TPSA) is 35.8 Å². The Morgan fingerprint density at radius 1 is 1.14 bits per heavy atom. The second-order valence-corrected chi connectivity index (χ2v) is 8.51. The second-order valence-electron chi connectivity index (χ2n) is 8.51. The zero-order valence-electron chi connectivity index (χ0n) is 12.7. The maximum atomic E-state index is 12.8. The Bertz CT molecular complexity index is 461. The first kappa shape index (κ1) is 15.1. The normalized spacial score (nSPS) is 46.4. The second kappa shape index (κ2) is 4.38. The molecule has 5 heteroatoms. The number of nitrogens with one attached hydrogen (secondary N) is 1. The van der Waals surface area contributed by atoms with Crippen LogP contribution in [0.5, 0.6) is 0 Å². The fourth-order valence-corrected chi connectivity index (χ4v) is 6.20. The van der Waals surface area contributed by atoms with Crippen molar-refractivity contribution in [1.82, 2.24) is 5.32 Å². The molecule has 3 atom stereocenters. The lowest BCUT2D eigenvalue weighted by molar-refractivity contribution is -0.163. The van der Waals surface area contributed by atoms with Crippen molar-refractivity contribution < 1.29 is 13.2 Å². The first-order valence-electron chi connectivity index (χ1n) is 7.79. The Hall–Kier alpha value is -0.760. The van der Waals surface area contributed by atoms with Gasteiger partial charge in [-0.25, -0.2) is 0 Å². The van der Waals surface area contributed by atoms with Gasteiger partial charge in [-0.05, 0) is 55.3 Å². The summed E-state index contributed by atoms with van der Waals surface area (Å²) in [7, 11) is 0. The van der Waals surface area contributed by atoms with E-state index in [1.807, 2.05) is 0 Å². The number of halogens is 3. The summed E-state index contributed by atoms with van der Waals surface area (Å²) in [5.74, 6) is -1.26. The molecule has 4 fully saturated rings. The van der Waals surface area contributed by atoms with Crippen LogP contribution in [-0.4, -0.2) is 18.3 Å². The van der Waals surface area contributed by atoms with Crippen molar-refractivity contribution in [2.24, 2.45) is 22.7 Å². The minimum absolute atomic E-state index is 0.177. The van der Waals surface area contributed by atoms with E-state index in [-0.39, 0.29) is 22.9 Å². The van der Waals surface area contributed by atoms with E-state index in [1.54, 1.807) is 0 Å². The third-order valence-electron chi connectivity index (χ3n) is 5.86. The zero-order chi connectivity index (χ0) is 15.5. The predicted octanol–water partition coefficient (Wildman–Crippen LogP) is 4.03. The van der Waals surface area contributed by atoms with Crippen molar-refractivity contribution >= 4 is 0 Å². The molecule has 4 rings (SSSR count). The molecule has 1 N–H and O–H groups in total. The first-order valence-corrected chi connectivity index (χ1v) is 7.79. The van der Waals surface area contributed by atoms with Gasteiger partial charge < -0.3 is 5.32 Å². The number of hydrogen-bond donors (Lipinski definition) is 1. The summed E-state index contributed by atoms with van der Waals surface area (Å²) in [6.45, 7) is 4.31. The Kier molecular flexibility index (Phi) is 3.16.